The summed E-state index contributed by atoms with van der Waals surface area (Å²) in [5.41, 5.74) is 6.20. The molecule has 0 bridgehead atoms. The highest BCUT2D eigenvalue weighted by Gasteiger charge is 2.47. The Hall–Kier alpha value is -5.83. The molecule has 312 valence electrons. The summed E-state index contributed by atoms with van der Waals surface area (Å²) in [6, 6.07) is 17.1. The molecule has 2 heterocycles. The van der Waals surface area contributed by atoms with Gasteiger partial charge in [0.05, 0.1) is 22.1 Å². The number of carboxylic acids is 2. The van der Waals surface area contributed by atoms with Crippen LogP contribution in [0.1, 0.15) is 157 Å². The van der Waals surface area contributed by atoms with Gasteiger partial charge in [-0.15, -0.1) is 0 Å². The molecule has 0 radical (unpaired) electrons. The van der Waals surface area contributed by atoms with Crippen molar-refractivity contribution in [3.8, 4) is 0 Å². The van der Waals surface area contributed by atoms with Crippen molar-refractivity contribution >= 4 is 40.6 Å². The third-order valence-electron chi connectivity index (χ3n) is 12.7. The fraction of sp³-hybridized carbons (Fsp3) is 0.392. The zero-order valence-electron chi connectivity index (χ0n) is 35.4. The second kappa shape index (κ2) is 17.8. The number of rotatable bonds is 18. The van der Waals surface area contributed by atoms with Gasteiger partial charge in [-0.2, -0.15) is 4.58 Å². The number of nitrogens with zero attached hydrogens (tertiary/aromatic N) is 2. The Morgan fingerprint density at radius 3 is 1.97 bits per heavy atom. The van der Waals surface area contributed by atoms with Gasteiger partial charge in [-0.3, -0.25) is 9.59 Å². The van der Waals surface area contributed by atoms with Gasteiger partial charge in [0, 0.05) is 65.2 Å². The number of allylic oxidation sites excluding steroid dienone is 6. The number of carboxylic acid groups (broad SMARTS) is 2. The zero-order valence-corrected chi connectivity index (χ0v) is 35.4. The second-order valence-electron chi connectivity index (χ2n) is 17.1. The van der Waals surface area contributed by atoms with E-state index in [9.17, 15) is 34.5 Å². The fourth-order valence-corrected chi connectivity index (χ4v) is 9.35. The molecular weight excluding hydrogens is 753 g/mol. The molecule has 9 heteroatoms. The predicted octanol–water partition coefficient (Wildman–Crippen LogP) is 10.1. The minimum atomic E-state index is -1.02. The normalized spacial score (nSPS) is 17.9. The highest BCUT2D eigenvalue weighted by Crippen LogP contribution is 2.48. The van der Waals surface area contributed by atoms with E-state index in [0.29, 0.717) is 36.2 Å². The largest absolute Gasteiger partial charge is 0.872 e. The molecule has 0 spiro atoms. The Morgan fingerprint density at radius 2 is 1.33 bits per heavy atom. The summed E-state index contributed by atoms with van der Waals surface area (Å²) in [6.45, 7) is 9.76. The standard InChI is InChI=1S/C51H56N2O7/c1-5-7-9-11-13-17-25-52-35(28-34-27-32(49(57)58)21-23-41(34)52)30-38-44(45-47(55)36-19-15-16-20-37(36)48(45)56)39(46(38)54)31-43-51(3,4)40-29-33(50(59)60)22-24-42(40)53(43)26-18-14-12-10-8-6-2/h15-16,19-24,27,29-31H,5-14,17-18,25-26,28H2,1-4H3,(H2-,54,55,56,57,58,59,60). The van der Waals surface area contributed by atoms with Gasteiger partial charge >= 0.3 is 11.9 Å². The van der Waals surface area contributed by atoms with E-state index in [0.717, 1.165) is 91.7 Å². The second-order valence-corrected chi connectivity index (χ2v) is 17.1. The van der Waals surface area contributed by atoms with Crippen molar-refractivity contribution in [2.24, 2.45) is 0 Å². The first-order chi connectivity index (χ1) is 28.9. The molecule has 2 aliphatic heterocycles. The van der Waals surface area contributed by atoms with E-state index in [1.807, 2.05) is 38.1 Å². The number of fused-ring (bicyclic) bond motifs is 3. The minimum absolute atomic E-state index is 0.0235. The van der Waals surface area contributed by atoms with E-state index in [1.54, 1.807) is 48.5 Å². The summed E-state index contributed by atoms with van der Waals surface area (Å²) in [5, 5.41) is 34.5. The van der Waals surface area contributed by atoms with E-state index in [-0.39, 0.29) is 33.6 Å². The molecule has 3 aromatic carbocycles. The molecule has 0 amide bonds. The van der Waals surface area contributed by atoms with E-state index in [4.69, 9.17) is 0 Å². The predicted molar refractivity (Wildman–Crippen MR) is 233 cm³/mol. The van der Waals surface area contributed by atoms with Crippen molar-refractivity contribution in [3.63, 3.8) is 0 Å². The highest BCUT2D eigenvalue weighted by atomic mass is 16.4. The molecule has 0 unspecified atom stereocenters. The van der Waals surface area contributed by atoms with Crippen LogP contribution in [0.5, 0.6) is 0 Å². The number of carbonyl (C=O) groups is 4. The van der Waals surface area contributed by atoms with Gasteiger partial charge in [0.1, 0.15) is 6.54 Å². The van der Waals surface area contributed by atoms with Crippen LogP contribution in [-0.2, 0) is 11.8 Å². The van der Waals surface area contributed by atoms with Crippen LogP contribution in [0.25, 0.3) is 0 Å². The van der Waals surface area contributed by atoms with Crippen LogP contribution in [0.3, 0.4) is 0 Å². The lowest BCUT2D eigenvalue weighted by atomic mass is 9.74. The molecule has 2 aliphatic carbocycles. The molecule has 2 N–H and O–H groups in total. The molecule has 3 aromatic rings. The fourth-order valence-electron chi connectivity index (χ4n) is 9.35. The van der Waals surface area contributed by atoms with Crippen LogP contribution in [-0.4, -0.2) is 57.1 Å². The molecular formula is C51H56N2O7. The smallest absolute Gasteiger partial charge is 0.335 e. The molecule has 0 saturated carbocycles. The van der Waals surface area contributed by atoms with Crippen molar-refractivity contribution in [3.05, 3.63) is 140 Å². The van der Waals surface area contributed by atoms with Gasteiger partial charge in [-0.25, -0.2) is 9.59 Å². The van der Waals surface area contributed by atoms with Gasteiger partial charge in [0.25, 0.3) is 0 Å². The van der Waals surface area contributed by atoms with Crippen LogP contribution in [0.4, 0.5) is 11.4 Å². The van der Waals surface area contributed by atoms with E-state index < -0.39 is 28.9 Å². The average molecular weight is 809 g/mol. The lowest BCUT2D eigenvalue weighted by Gasteiger charge is -2.36. The molecule has 0 saturated heterocycles. The maximum atomic E-state index is 14.8. The lowest BCUT2D eigenvalue weighted by Crippen LogP contribution is -2.32. The van der Waals surface area contributed by atoms with Crippen molar-refractivity contribution in [2.75, 3.05) is 18.0 Å². The lowest BCUT2D eigenvalue weighted by molar-refractivity contribution is -0.438. The molecule has 0 atom stereocenters. The number of ketones is 2. The van der Waals surface area contributed by atoms with Gasteiger partial charge in [-0.1, -0.05) is 102 Å². The van der Waals surface area contributed by atoms with Crippen LogP contribution in [0, 0.1) is 0 Å². The van der Waals surface area contributed by atoms with Crippen LogP contribution < -0.4 is 10.0 Å². The first-order valence-corrected chi connectivity index (χ1v) is 21.8. The number of hydrogen-bond donors (Lipinski definition) is 2. The highest BCUT2D eigenvalue weighted by molar-refractivity contribution is 6.40. The van der Waals surface area contributed by atoms with Gasteiger partial charge in [0.2, 0.25) is 5.69 Å². The molecule has 9 nitrogen and oxygen atoms in total. The Bertz CT molecular complexity index is 2390. The summed E-state index contributed by atoms with van der Waals surface area (Å²) in [4.78, 5) is 54.7. The maximum absolute atomic E-state index is 14.8. The SMILES string of the molecule is CCCCCCCCN1/C(=C/C2=C([O-])C(=C\C3=[N+](CCCCCCCC)c4ccc(C(=O)O)cc4C3(C)C)/C2=C2C(=O)c3ccccc3C2=O)Cc2cc(C(=O)O)ccc21. The summed E-state index contributed by atoms with van der Waals surface area (Å²) >= 11 is 0. The van der Waals surface area contributed by atoms with Gasteiger partial charge in [-0.05, 0) is 79.8 Å². The summed E-state index contributed by atoms with van der Waals surface area (Å²) < 4.78 is 2.18. The molecule has 7 rings (SSSR count). The Labute approximate surface area is 353 Å². The third kappa shape index (κ3) is 7.94. The maximum Gasteiger partial charge on any atom is 0.335 e. The number of anilines is 1. The topological polar surface area (TPSA) is 138 Å². The third-order valence-corrected chi connectivity index (χ3v) is 12.7. The molecule has 4 aliphatic rings. The van der Waals surface area contributed by atoms with E-state index in [2.05, 4.69) is 23.3 Å². The van der Waals surface area contributed by atoms with Crippen LogP contribution in [0.15, 0.2) is 107 Å². The van der Waals surface area contributed by atoms with Gasteiger partial charge < -0.3 is 20.2 Å². The van der Waals surface area contributed by atoms with Crippen LogP contribution in [0.2, 0.25) is 0 Å². The van der Waals surface area contributed by atoms with E-state index in [1.165, 1.54) is 19.3 Å². The summed E-state index contributed by atoms with van der Waals surface area (Å²) in [5.74, 6) is -3.15. The number of Topliss-reactive ketones (excluding diaryl/α,β-unsaturated/α-hetero) is 2. The monoisotopic (exact) mass is 808 g/mol. The summed E-state index contributed by atoms with van der Waals surface area (Å²) in [6.07, 6.45) is 17.1. The Morgan fingerprint density at radius 1 is 0.750 bits per heavy atom. The summed E-state index contributed by atoms with van der Waals surface area (Å²) in [7, 11) is 0. The van der Waals surface area contributed by atoms with E-state index >= 15 is 0 Å². The number of benzene rings is 3. The number of unbranched alkanes of at least 4 members (excludes halogenated alkanes) is 10. The first-order valence-electron chi connectivity index (χ1n) is 21.8. The number of carbonyl (C=O) groups excluding carboxylic acids is 2. The molecule has 0 aromatic heterocycles. The Kier molecular flexibility index (Phi) is 12.5. The van der Waals surface area contributed by atoms with Crippen molar-refractivity contribution in [2.45, 2.75) is 117 Å². The number of aromatic carboxylic acids is 2. The number of hydrogen-bond acceptors (Lipinski definition) is 6. The van der Waals surface area contributed by atoms with Gasteiger partial charge in [0.15, 0.2) is 17.3 Å². The molecule has 60 heavy (non-hydrogen) atoms. The van der Waals surface area contributed by atoms with Crippen molar-refractivity contribution in [1.29, 1.82) is 0 Å². The Balaban J connectivity index is 1.36. The quantitative estimate of drug-likeness (QED) is 0.0561. The minimum Gasteiger partial charge on any atom is -0.872 e. The van der Waals surface area contributed by atoms with Crippen molar-refractivity contribution < 1.29 is 39.1 Å². The van der Waals surface area contributed by atoms with Crippen molar-refractivity contribution in [1.82, 2.24) is 0 Å². The molecule has 0 fully saturated rings. The average Bonchev–Trinajstić information content (AvgIpc) is 3.78. The zero-order chi connectivity index (χ0) is 42.7. The van der Waals surface area contributed by atoms with Crippen LogP contribution >= 0.6 is 0 Å². The first kappa shape index (κ1) is 42.3.